The molecular weight excluding hydrogens is 230 g/mol. The van der Waals surface area contributed by atoms with Crippen LogP contribution in [0.2, 0.25) is 0 Å². The van der Waals surface area contributed by atoms with E-state index in [2.05, 4.69) is 22.1 Å². The maximum absolute atomic E-state index is 12.1. The second-order valence-electron chi connectivity index (χ2n) is 3.96. The molecule has 1 atom stereocenters. The minimum atomic E-state index is -0.144. The van der Waals surface area contributed by atoms with Crippen LogP contribution in [0.1, 0.15) is 22.3 Å². The maximum atomic E-state index is 12.1. The third-order valence-corrected chi connectivity index (χ3v) is 2.66. The highest BCUT2D eigenvalue weighted by molar-refractivity contribution is 5.96. The smallest absolute Gasteiger partial charge is 0.252 e. The Labute approximate surface area is 106 Å². The highest BCUT2D eigenvalue weighted by atomic mass is 16.5. The first-order chi connectivity index (χ1) is 8.81. The molecule has 3 N–H and O–H groups in total. The van der Waals surface area contributed by atoms with Gasteiger partial charge in [-0.15, -0.1) is 0 Å². The number of nitrogens with one attached hydrogen (secondary N) is 1. The quantitative estimate of drug-likeness (QED) is 0.714. The summed E-state index contributed by atoms with van der Waals surface area (Å²) in [5.74, 6) is 5.43. The van der Waals surface area contributed by atoms with Crippen LogP contribution in [0.25, 0.3) is 0 Å². The zero-order valence-electron chi connectivity index (χ0n) is 9.98. The van der Waals surface area contributed by atoms with Gasteiger partial charge in [0.15, 0.2) is 0 Å². The van der Waals surface area contributed by atoms with Crippen LogP contribution in [0.5, 0.6) is 0 Å². The van der Waals surface area contributed by atoms with Crippen molar-refractivity contribution in [2.24, 2.45) is 5.73 Å². The fourth-order valence-electron chi connectivity index (χ4n) is 1.75. The Bertz CT molecular complexity index is 484. The standard InChI is InChI=1S/C13H15N3O2/c14-5-1-2-10-8-15-6-3-12(10)13(17)16-11-4-7-18-9-11/h3,6,8,11H,4-5,7,9,14H2,(H,16,17). The Morgan fingerprint density at radius 2 is 2.56 bits per heavy atom. The van der Waals surface area contributed by atoms with Gasteiger partial charge in [-0.05, 0) is 12.5 Å². The lowest BCUT2D eigenvalue weighted by molar-refractivity contribution is 0.0929. The molecule has 5 heteroatoms. The fourth-order valence-corrected chi connectivity index (χ4v) is 1.75. The van der Waals surface area contributed by atoms with Crippen molar-refractivity contribution < 1.29 is 9.53 Å². The molecule has 2 rings (SSSR count). The lowest BCUT2D eigenvalue weighted by Gasteiger charge is -2.11. The molecule has 0 spiro atoms. The molecule has 0 radical (unpaired) electrons. The van der Waals surface area contributed by atoms with E-state index < -0.39 is 0 Å². The lowest BCUT2D eigenvalue weighted by Crippen LogP contribution is -2.35. The van der Waals surface area contributed by atoms with Crippen LogP contribution in [-0.2, 0) is 4.74 Å². The first-order valence-electron chi connectivity index (χ1n) is 5.83. The average Bonchev–Trinajstić information content (AvgIpc) is 2.89. The van der Waals surface area contributed by atoms with E-state index in [0.29, 0.717) is 24.3 Å². The Hall–Kier alpha value is -1.90. The zero-order chi connectivity index (χ0) is 12.8. The molecule has 18 heavy (non-hydrogen) atoms. The van der Waals surface area contributed by atoms with Crippen molar-refractivity contribution >= 4 is 5.91 Å². The normalized spacial score (nSPS) is 17.9. The van der Waals surface area contributed by atoms with Crippen molar-refractivity contribution in [3.63, 3.8) is 0 Å². The number of carbonyl (C=O) groups excluding carboxylic acids is 1. The summed E-state index contributed by atoms with van der Waals surface area (Å²) < 4.78 is 5.22. The molecule has 1 aliphatic rings. The van der Waals surface area contributed by atoms with E-state index in [0.717, 1.165) is 6.42 Å². The Balaban J connectivity index is 2.13. The molecule has 2 heterocycles. The van der Waals surface area contributed by atoms with Gasteiger partial charge in [0, 0.05) is 19.0 Å². The maximum Gasteiger partial charge on any atom is 0.252 e. The average molecular weight is 245 g/mol. The van der Waals surface area contributed by atoms with Crippen LogP contribution < -0.4 is 11.1 Å². The second kappa shape index (κ2) is 6.15. The first-order valence-corrected chi connectivity index (χ1v) is 5.83. The number of amides is 1. The molecule has 0 aromatic carbocycles. The topological polar surface area (TPSA) is 77.2 Å². The summed E-state index contributed by atoms with van der Waals surface area (Å²) in [4.78, 5) is 16.1. The van der Waals surface area contributed by atoms with Crippen molar-refractivity contribution in [1.82, 2.24) is 10.3 Å². The van der Waals surface area contributed by atoms with Crippen molar-refractivity contribution in [3.8, 4) is 11.8 Å². The number of hydrogen-bond donors (Lipinski definition) is 2. The van der Waals surface area contributed by atoms with Crippen LogP contribution in [0, 0.1) is 11.8 Å². The highest BCUT2D eigenvalue weighted by Crippen LogP contribution is 2.08. The van der Waals surface area contributed by atoms with Crippen molar-refractivity contribution in [2.45, 2.75) is 12.5 Å². The molecule has 5 nitrogen and oxygen atoms in total. The third kappa shape index (κ3) is 3.06. The Morgan fingerprint density at radius 3 is 3.28 bits per heavy atom. The van der Waals surface area contributed by atoms with Gasteiger partial charge in [0.1, 0.15) is 0 Å². The van der Waals surface area contributed by atoms with E-state index in [-0.39, 0.29) is 18.5 Å². The van der Waals surface area contributed by atoms with Gasteiger partial charge in [0.25, 0.3) is 5.91 Å². The fraction of sp³-hybridized carbons (Fsp3) is 0.385. The summed E-state index contributed by atoms with van der Waals surface area (Å²) in [6.07, 6.45) is 4.00. The third-order valence-electron chi connectivity index (χ3n) is 2.66. The van der Waals surface area contributed by atoms with Gasteiger partial charge in [-0.1, -0.05) is 11.8 Å². The number of hydrogen-bond acceptors (Lipinski definition) is 4. The second-order valence-corrected chi connectivity index (χ2v) is 3.96. The van der Waals surface area contributed by atoms with Crippen molar-refractivity contribution in [1.29, 1.82) is 0 Å². The van der Waals surface area contributed by atoms with Gasteiger partial charge in [0.05, 0.1) is 30.3 Å². The Kier molecular flexibility index (Phi) is 4.29. The van der Waals surface area contributed by atoms with E-state index in [1.807, 2.05) is 0 Å². The van der Waals surface area contributed by atoms with E-state index in [9.17, 15) is 4.79 Å². The SMILES string of the molecule is NCC#Cc1cnccc1C(=O)NC1CCOC1. The zero-order valence-corrected chi connectivity index (χ0v) is 9.98. The van der Waals surface area contributed by atoms with Gasteiger partial charge in [-0.25, -0.2) is 0 Å². The van der Waals surface area contributed by atoms with Crippen molar-refractivity contribution in [2.75, 3.05) is 19.8 Å². The summed E-state index contributed by atoms with van der Waals surface area (Å²) in [5, 5.41) is 2.92. The predicted octanol–water partition coefficient (Wildman–Crippen LogP) is -0.0895. The molecule has 1 aromatic rings. The summed E-state index contributed by atoms with van der Waals surface area (Å²) in [5.41, 5.74) is 6.45. The number of rotatable bonds is 2. The molecule has 1 amide bonds. The highest BCUT2D eigenvalue weighted by Gasteiger charge is 2.19. The van der Waals surface area contributed by atoms with Crippen LogP contribution in [0.4, 0.5) is 0 Å². The number of aromatic nitrogens is 1. The molecule has 1 aliphatic heterocycles. The summed E-state index contributed by atoms with van der Waals surface area (Å²) in [7, 11) is 0. The molecule has 0 saturated carbocycles. The molecule has 1 fully saturated rings. The first kappa shape index (κ1) is 12.6. The van der Waals surface area contributed by atoms with Crippen molar-refractivity contribution in [3.05, 3.63) is 29.6 Å². The minimum Gasteiger partial charge on any atom is -0.379 e. The van der Waals surface area contributed by atoms with Gasteiger partial charge in [-0.2, -0.15) is 0 Å². The van der Waals surface area contributed by atoms with Gasteiger partial charge < -0.3 is 15.8 Å². The molecule has 1 aromatic heterocycles. The number of carbonyl (C=O) groups is 1. The van der Waals surface area contributed by atoms with E-state index in [4.69, 9.17) is 10.5 Å². The molecular formula is C13H15N3O2. The van der Waals surface area contributed by atoms with E-state index in [1.165, 1.54) is 0 Å². The Morgan fingerprint density at radius 1 is 1.67 bits per heavy atom. The molecule has 1 saturated heterocycles. The van der Waals surface area contributed by atoms with Crippen LogP contribution in [0.15, 0.2) is 18.5 Å². The van der Waals surface area contributed by atoms with Crippen LogP contribution in [0.3, 0.4) is 0 Å². The number of nitrogens with two attached hydrogens (primary N) is 1. The van der Waals surface area contributed by atoms with Gasteiger partial charge in [0.2, 0.25) is 0 Å². The summed E-state index contributed by atoms with van der Waals surface area (Å²) in [6, 6.07) is 1.74. The lowest BCUT2D eigenvalue weighted by atomic mass is 10.1. The van der Waals surface area contributed by atoms with Gasteiger partial charge >= 0.3 is 0 Å². The minimum absolute atomic E-state index is 0.0842. The summed E-state index contributed by atoms with van der Waals surface area (Å²) >= 11 is 0. The number of pyridine rings is 1. The largest absolute Gasteiger partial charge is 0.379 e. The van der Waals surface area contributed by atoms with Gasteiger partial charge in [-0.3, -0.25) is 9.78 Å². The molecule has 94 valence electrons. The monoisotopic (exact) mass is 245 g/mol. The predicted molar refractivity (Wildman–Crippen MR) is 66.9 cm³/mol. The number of nitrogens with zero attached hydrogens (tertiary/aromatic N) is 1. The van der Waals surface area contributed by atoms with E-state index >= 15 is 0 Å². The van der Waals surface area contributed by atoms with Crippen LogP contribution in [-0.4, -0.2) is 36.7 Å². The van der Waals surface area contributed by atoms with E-state index in [1.54, 1.807) is 18.5 Å². The molecule has 0 bridgehead atoms. The number of ether oxygens (including phenoxy) is 1. The summed E-state index contributed by atoms with van der Waals surface area (Å²) in [6.45, 7) is 1.52. The van der Waals surface area contributed by atoms with Crippen LogP contribution >= 0.6 is 0 Å². The molecule has 0 aliphatic carbocycles. The molecule has 1 unspecified atom stereocenters.